The zero-order chi connectivity index (χ0) is 8.57. The van der Waals surface area contributed by atoms with E-state index >= 15 is 0 Å². The maximum absolute atomic E-state index is 9.57. The number of hydrogen-bond acceptors (Lipinski definition) is 3. The molecule has 0 radical (unpaired) electrons. The third kappa shape index (κ3) is 15.6. The Hall–Kier alpha value is -0.320. The van der Waals surface area contributed by atoms with Crippen molar-refractivity contribution in [3.8, 4) is 0 Å². The Labute approximate surface area is 65.1 Å². The second kappa shape index (κ2) is 8.68. The highest BCUT2D eigenvalue weighted by atomic mass is 35.5. The van der Waals surface area contributed by atoms with Gasteiger partial charge in [-0.1, -0.05) is 0 Å². The van der Waals surface area contributed by atoms with Gasteiger partial charge in [0, 0.05) is 13.1 Å². The maximum atomic E-state index is 9.57. The topological polar surface area (TPSA) is 89.3 Å². The molecular weight excluding hydrogens is 156 g/mol. The van der Waals surface area contributed by atoms with Gasteiger partial charge in [0.05, 0.1) is 0 Å². The molecule has 0 saturated carbocycles. The standard InChI is InChI=1S/C3H5ClO2.C2H8N2/c1-2(4)3(5)6;3-1-2-4/h2H,1H3,(H,5,6);1-4H2. The minimum absolute atomic E-state index is 0.597. The lowest BCUT2D eigenvalue weighted by atomic mass is 10.5. The number of aliphatic carboxylic acids is 1. The van der Waals surface area contributed by atoms with Gasteiger partial charge in [-0.2, -0.15) is 0 Å². The largest absolute Gasteiger partial charge is 0.480 e. The van der Waals surface area contributed by atoms with Crippen LogP contribution in [0.2, 0.25) is 0 Å². The summed E-state index contributed by atoms with van der Waals surface area (Å²) in [5.74, 6) is -0.975. The van der Waals surface area contributed by atoms with Crippen LogP contribution >= 0.6 is 11.6 Å². The third-order valence-corrected chi connectivity index (χ3v) is 0.694. The molecule has 0 bridgehead atoms. The Bertz CT molecular complexity index is 85.7. The second-order valence-electron chi connectivity index (χ2n) is 1.53. The summed E-state index contributed by atoms with van der Waals surface area (Å²) >= 11 is 5.01. The van der Waals surface area contributed by atoms with E-state index in [0.717, 1.165) is 0 Å². The number of nitrogens with two attached hydrogens (primary N) is 2. The average Bonchev–Trinajstić information content (AvgIpc) is 1.89. The van der Waals surface area contributed by atoms with E-state index < -0.39 is 11.3 Å². The molecule has 1 atom stereocenters. The first-order valence-corrected chi connectivity index (χ1v) is 3.26. The van der Waals surface area contributed by atoms with Crippen molar-refractivity contribution in [1.82, 2.24) is 0 Å². The average molecular weight is 169 g/mol. The van der Waals surface area contributed by atoms with Gasteiger partial charge in [-0.25, -0.2) is 0 Å². The van der Waals surface area contributed by atoms with Gasteiger partial charge in [-0.3, -0.25) is 4.79 Å². The molecule has 0 aromatic rings. The van der Waals surface area contributed by atoms with Crippen LogP contribution in [-0.4, -0.2) is 29.5 Å². The van der Waals surface area contributed by atoms with Crippen molar-refractivity contribution < 1.29 is 9.90 Å². The highest BCUT2D eigenvalue weighted by Crippen LogP contribution is 1.89. The zero-order valence-electron chi connectivity index (χ0n) is 5.88. The summed E-state index contributed by atoms with van der Waals surface area (Å²) in [6, 6.07) is 0. The normalized spacial score (nSPS) is 11.2. The third-order valence-electron chi connectivity index (χ3n) is 0.507. The van der Waals surface area contributed by atoms with E-state index in [4.69, 9.17) is 28.2 Å². The van der Waals surface area contributed by atoms with Gasteiger partial charge >= 0.3 is 5.97 Å². The van der Waals surface area contributed by atoms with E-state index in [9.17, 15) is 4.79 Å². The van der Waals surface area contributed by atoms with Crippen molar-refractivity contribution in [2.45, 2.75) is 12.3 Å². The molecule has 0 aromatic heterocycles. The molecule has 0 aliphatic carbocycles. The molecule has 5 heteroatoms. The summed E-state index contributed by atoms with van der Waals surface area (Å²) in [5, 5.41) is 7.10. The van der Waals surface area contributed by atoms with Gasteiger partial charge in [0.2, 0.25) is 0 Å². The molecule has 0 spiro atoms. The van der Waals surface area contributed by atoms with Crippen molar-refractivity contribution in [1.29, 1.82) is 0 Å². The second-order valence-corrected chi connectivity index (χ2v) is 2.19. The minimum atomic E-state index is -0.975. The number of carboxylic acids is 1. The molecule has 1 unspecified atom stereocenters. The lowest BCUT2D eigenvalue weighted by Gasteiger charge is -1.86. The Morgan fingerprint density at radius 2 is 1.80 bits per heavy atom. The van der Waals surface area contributed by atoms with Crippen LogP contribution in [0, 0.1) is 0 Å². The number of hydrogen-bond donors (Lipinski definition) is 3. The van der Waals surface area contributed by atoms with Crippen molar-refractivity contribution >= 4 is 17.6 Å². The highest BCUT2D eigenvalue weighted by molar-refractivity contribution is 6.29. The molecule has 0 amide bonds. The summed E-state index contributed by atoms with van der Waals surface area (Å²) in [6.07, 6.45) is 0. The van der Waals surface area contributed by atoms with E-state index in [1.807, 2.05) is 0 Å². The first kappa shape index (κ1) is 12.4. The Kier molecular flexibility index (Phi) is 10.7. The Morgan fingerprint density at radius 1 is 1.60 bits per heavy atom. The van der Waals surface area contributed by atoms with Gasteiger partial charge in [0.25, 0.3) is 0 Å². The van der Waals surface area contributed by atoms with Crippen LogP contribution in [0.1, 0.15) is 6.92 Å². The van der Waals surface area contributed by atoms with Gasteiger partial charge in [0.15, 0.2) is 0 Å². The molecule has 0 fully saturated rings. The van der Waals surface area contributed by atoms with Crippen LogP contribution in [0.5, 0.6) is 0 Å². The van der Waals surface area contributed by atoms with Crippen molar-refractivity contribution in [3.05, 3.63) is 0 Å². The lowest BCUT2D eigenvalue weighted by molar-refractivity contribution is -0.136. The van der Waals surface area contributed by atoms with E-state index in [1.54, 1.807) is 0 Å². The SMILES string of the molecule is CC(Cl)C(=O)O.NCCN. The fourth-order valence-corrected chi connectivity index (χ4v) is 0. The molecule has 0 saturated heterocycles. The Balaban J connectivity index is 0. The molecule has 5 N–H and O–H groups in total. The van der Waals surface area contributed by atoms with Gasteiger partial charge in [-0.15, -0.1) is 11.6 Å². The summed E-state index contributed by atoms with van der Waals surface area (Å²) in [6.45, 7) is 2.60. The van der Waals surface area contributed by atoms with Crippen molar-refractivity contribution in [2.24, 2.45) is 11.5 Å². The minimum Gasteiger partial charge on any atom is -0.480 e. The predicted octanol–water partition coefficient (Wildman–Crippen LogP) is -0.398. The molecule has 10 heavy (non-hydrogen) atoms. The zero-order valence-corrected chi connectivity index (χ0v) is 6.64. The van der Waals surface area contributed by atoms with Crippen LogP contribution in [0.15, 0.2) is 0 Å². The molecular formula is C5H13ClN2O2. The quantitative estimate of drug-likeness (QED) is 0.490. The number of carboxylic acid groups (broad SMARTS) is 1. The van der Waals surface area contributed by atoms with E-state index in [1.165, 1.54) is 6.92 Å². The first-order chi connectivity index (χ1) is 4.56. The number of halogens is 1. The fourth-order valence-electron chi connectivity index (χ4n) is 0. The van der Waals surface area contributed by atoms with Crippen LogP contribution in [-0.2, 0) is 4.79 Å². The molecule has 0 rings (SSSR count). The monoisotopic (exact) mass is 168 g/mol. The fraction of sp³-hybridized carbons (Fsp3) is 0.800. The van der Waals surface area contributed by atoms with Gasteiger partial charge in [0.1, 0.15) is 5.38 Å². The molecule has 0 heterocycles. The smallest absolute Gasteiger partial charge is 0.321 e. The van der Waals surface area contributed by atoms with Crippen molar-refractivity contribution in [3.63, 3.8) is 0 Å². The van der Waals surface area contributed by atoms with Crippen LogP contribution in [0.4, 0.5) is 0 Å². The summed E-state index contributed by atoms with van der Waals surface area (Å²) in [7, 11) is 0. The molecule has 4 nitrogen and oxygen atoms in total. The Morgan fingerprint density at radius 3 is 1.80 bits per heavy atom. The van der Waals surface area contributed by atoms with Crippen LogP contribution < -0.4 is 11.5 Å². The number of alkyl halides is 1. The summed E-state index contributed by atoms with van der Waals surface area (Å²) < 4.78 is 0. The lowest BCUT2D eigenvalue weighted by Crippen LogP contribution is -2.11. The molecule has 62 valence electrons. The summed E-state index contributed by atoms with van der Waals surface area (Å²) in [5.41, 5.74) is 9.81. The number of rotatable bonds is 2. The van der Waals surface area contributed by atoms with Gasteiger partial charge in [-0.05, 0) is 6.92 Å². The molecule has 0 aliphatic rings. The predicted molar refractivity (Wildman–Crippen MR) is 41.1 cm³/mol. The van der Waals surface area contributed by atoms with Crippen LogP contribution in [0.25, 0.3) is 0 Å². The van der Waals surface area contributed by atoms with Crippen molar-refractivity contribution in [2.75, 3.05) is 13.1 Å². The summed E-state index contributed by atoms with van der Waals surface area (Å²) in [4.78, 5) is 9.57. The van der Waals surface area contributed by atoms with E-state index in [-0.39, 0.29) is 0 Å². The van der Waals surface area contributed by atoms with Crippen LogP contribution in [0.3, 0.4) is 0 Å². The number of carbonyl (C=O) groups is 1. The molecule has 0 aromatic carbocycles. The highest BCUT2D eigenvalue weighted by Gasteiger charge is 2.02. The van der Waals surface area contributed by atoms with E-state index in [0.29, 0.717) is 13.1 Å². The van der Waals surface area contributed by atoms with Gasteiger partial charge < -0.3 is 16.6 Å². The first-order valence-electron chi connectivity index (χ1n) is 2.83. The molecule has 0 aliphatic heterocycles. The maximum Gasteiger partial charge on any atom is 0.321 e. The van der Waals surface area contributed by atoms with E-state index in [2.05, 4.69) is 0 Å².